The monoisotopic (exact) mass is 290 g/mol. The van der Waals surface area contributed by atoms with Gasteiger partial charge in [-0.1, -0.05) is 41.5 Å². The number of amides is 2. The van der Waals surface area contributed by atoms with E-state index in [0.717, 1.165) is 0 Å². The first-order valence-corrected chi connectivity index (χ1v) is 6.35. The molecule has 0 spiro atoms. The molecule has 0 aromatic carbocycles. The number of hydrogen-bond acceptors (Lipinski definition) is 5. The van der Waals surface area contributed by atoms with E-state index in [1.165, 1.54) is 0 Å². The third kappa shape index (κ3) is 3.53. The third-order valence-corrected chi connectivity index (χ3v) is 3.37. The fourth-order valence-corrected chi connectivity index (χ4v) is 3.01. The molecule has 0 heterocycles. The molecule has 0 unspecified atom stereocenters. The van der Waals surface area contributed by atoms with Gasteiger partial charge in [-0.05, 0) is 0 Å². The van der Waals surface area contributed by atoms with Crippen LogP contribution >= 0.6 is 0 Å². The van der Waals surface area contributed by atoms with E-state index in [0.29, 0.717) is 0 Å². The molecule has 2 amide bonds. The molecule has 0 saturated heterocycles. The lowest BCUT2D eigenvalue weighted by atomic mass is 9.59. The molecule has 0 aromatic rings. The van der Waals surface area contributed by atoms with Crippen molar-refractivity contribution in [2.24, 2.45) is 22.3 Å². The van der Waals surface area contributed by atoms with Crippen LogP contribution < -0.4 is 11.5 Å². The van der Waals surface area contributed by atoms with Crippen molar-refractivity contribution in [2.45, 2.75) is 53.2 Å². The molecule has 1 atom stereocenters. The Morgan fingerprint density at radius 3 is 1.60 bits per heavy atom. The van der Waals surface area contributed by atoms with Crippen LogP contribution in [0.15, 0.2) is 0 Å². The van der Waals surface area contributed by atoms with Crippen LogP contribution in [0.1, 0.15) is 41.5 Å². The molecule has 5 N–H and O–H groups in total. The van der Waals surface area contributed by atoms with Crippen molar-refractivity contribution in [3.8, 4) is 0 Å². The Morgan fingerprint density at radius 1 is 1.00 bits per heavy atom. The number of ether oxygens (including phenoxy) is 2. The summed E-state index contributed by atoms with van der Waals surface area (Å²) < 4.78 is 10.3. The summed E-state index contributed by atoms with van der Waals surface area (Å²) in [5, 5.41) is 9.59. The predicted octanol–water partition coefficient (Wildman–Crippen LogP) is 1.37. The van der Waals surface area contributed by atoms with Crippen molar-refractivity contribution in [3.05, 3.63) is 0 Å². The Morgan fingerprint density at radius 2 is 1.40 bits per heavy atom. The standard InChI is InChI=1S/C13H26N2O5/c1-11(2,3)13(12(4,5)6,20-10(15)18)8(7-16)19-9(14)17/h8,16H,7H2,1-6H3,(H2,14,17)(H2,15,18)/t8-/m0/s1. The maximum Gasteiger partial charge on any atom is 0.405 e. The summed E-state index contributed by atoms with van der Waals surface area (Å²) in [4.78, 5) is 22.4. The van der Waals surface area contributed by atoms with Crippen LogP contribution in [0.3, 0.4) is 0 Å². The van der Waals surface area contributed by atoms with Gasteiger partial charge < -0.3 is 26.0 Å². The van der Waals surface area contributed by atoms with Crippen LogP contribution in [0.2, 0.25) is 0 Å². The normalized spacial score (nSPS) is 14.6. The summed E-state index contributed by atoms with van der Waals surface area (Å²) in [6, 6.07) is 0. The molecule has 0 fully saturated rings. The van der Waals surface area contributed by atoms with Crippen molar-refractivity contribution in [1.82, 2.24) is 0 Å². The second-order valence-corrected chi connectivity index (χ2v) is 6.76. The highest BCUT2D eigenvalue weighted by atomic mass is 16.6. The van der Waals surface area contributed by atoms with E-state index in [9.17, 15) is 14.7 Å². The number of primary amides is 2. The molecular weight excluding hydrogens is 264 g/mol. The summed E-state index contributed by atoms with van der Waals surface area (Å²) in [6.07, 6.45) is -3.20. The van der Waals surface area contributed by atoms with Gasteiger partial charge in [0.1, 0.15) is 0 Å². The van der Waals surface area contributed by atoms with Gasteiger partial charge in [-0.15, -0.1) is 0 Å². The zero-order valence-electron chi connectivity index (χ0n) is 13.0. The first-order chi connectivity index (χ1) is 8.79. The Labute approximate surface area is 119 Å². The third-order valence-electron chi connectivity index (χ3n) is 3.37. The molecule has 0 aliphatic carbocycles. The molecule has 0 radical (unpaired) electrons. The second-order valence-electron chi connectivity index (χ2n) is 6.76. The SMILES string of the molecule is CC(C)(C)C(OC(N)=O)([C@H](CO)OC(N)=O)C(C)(C)C. The van der Waals surface area contributed by atoms with Crippen molar-refractivity contribution < 1.29 is 24.2 Å². The van der Waals surface area contributed by atoms with Gasteiger partial charge in [0.05, 0.1) is 6.61 Å². The zero-order valence-corrected chi connectivity index (χ0v) is 13.0. The second kappa shape index (κ2) is 5.87. The van der Waals surface area contributed by atoms with Gasteiger partial charge >= 0.3 is 12.2 Å². The van der Waals surface area contributed by atoms with E-state index in [-0.39, 0.29) is 0 Å². The van der Waals surface area contributed by atoms with E-state index in [1.54, 1.807) is 41.5 Å². The minimum Gasteiger partial charge on any atom is -0.440 e. The van der Waals surface area contributed by atoms with Gasteiger partial charge in [0.15, 0.2) is 11.7 Å². The maximum absolute atomic E-state index is 11.4. The Bertz CT molecular complexity index is 354. The van der Waals surface area contributed by atoms with Gasteiger partial charge in [0.25, 0.3) is 0 Å². The number of hydrogen-bond donors (Lipinski definition) is 3. The molecule has 0 aromatic heterocycles. The Hall–Kier alpha value is -1.50. The molecule has 0 aliphatic rings. The Kier molecular flexibility index (Phi) is 5.43. The van der Waals surface area contributed by atoms with E-state index in [1.807, 2.05) is 0 Å². The summed E-state index contributed by atoms with van der Waals surface area (Å²) in [6.45, 7) is 10.2. The van der Waals surface area contributed by atoms with Gasteiger partial charge in [-0.3, -0.25) is 0 Å². The molecule has 0 aliphatic heterocycles. The highest BCUT2D eigenvalue weighted by Crippen LogP contribution is 2.50. The molecule has 20 heavy (non-hydrogen) atoms. The average Bonchev–Trinajstić information content (AvgIpc) is 2.18. The number of rotatable bonds is 4. The molecule has 0 bridgehead atoms. The lowest BCUT2D eigenvalue weighted by molar-refractivity contribution is -0.207. The maximum atomic E-state index is 11.4. The molecule has 7 heteroatoms. The number of aliphatic hydroxyl groups is 1. The van der Waals surface area contributed by atoms with Gasteiger partial charge in [-0.25, -0.2) is 9.59 Å². The van der Waals surface area contributed by atoms with Crippen LogP contribution in [0.4, 0.5) is 9.59 Å². The topological polar surface area (TPSA) is 125 Å². The highest BCUT2D eigenvalue weighted by Gasteiger charge is 2.60. The van der Waals surface area contributed by atoms with E-state index in [2.05, 4.69) is 0 Å². The van der Waals surface area contributed by atoms with E-state index < -0.39 is 41.3 Å². The average molecular weight is 290 g/mol. The van der Waals surface area contributed by atoms with E-state index in [4.69, 9.17) is 20.9 Å². The Balaban J connectivity index is 6.10. The number of carbonyl (C=O) groups excluding carboxylic acids is 2. The van der Waals surface area contributed by atoms with Gasteiger partial charge in [-0.2, -0.15) is 0 Å². The predicted molar refractivity (Wildman–Crippen MR) is 73.9 cm³/mol. The number of aliphatic hydroxyl groups excluding tert-OH is 1. The first-order valence-electron chi connectivity index (χ1n) is 6.35. The largest absolute Gasteiger partial charge is 0.440 e. The molecular formula is C13H26N2O5. The zero-order chi connectivity index (χ0) is 16.4. The molecule has 7 nitrogen and oxygen atoms in total. The van der Waals surface area contributed by atoms with Crippen molar-refractivity contribution >= 4 is 12.2 Å². The van der Waals surface area contributed by atoms with Crippen LogP contribution in [0, 0.1) is 10.8 Å². The van der Waals surface area contributed by atoms with Gasteiger partial charge in [0, 0.05) is 10.8 Å². The van der Waals surface area contributed by atoms with Crippen molar-refractivity contribution in [1.29, 1.82) is 0 Å². The summed E-state index contributed by atoms with van der Waals surface area (Å²) in [5.74, 6) is 0. The quantitative estimate of drug-likeness (QED) is 0.721. The van der Waals surface area contributed by atoms with E-state index >= 15 is 0 Å². The van der Waals surface area contributed by atoms with Crippen LogP contribution in [0.25, 0.3) is 0 Å². The highest BCUT2D eigenvalue weighted by molar-refractivity contribution is 5.67. The van der Waals surface area contributed by atoms with Gasteiger partial charge in [0.2, 0.25) is 0 Å². The minimum absolute atomic E-state index is 0.551. The van der Waals surface area contributed by atoms with Crippen molar-refractivity contribution in [2.75, 3.05) is 6.61 Å². The molecule has 118 valence electrons. The summed E-state index contributed by atoms with van der Waals surface area (Å²) in [7, 11) is 0. The summed E-state index contributed by atoms with van der Waals surface area (Å²) >= 11 is 0. The smallest absolute Gasteiger partial charge is 0.405 e. The fraction of sp³-hybridized carbons (Fsp3) is 0.846. The molecule has 0 saturated carbocycles. The summed E-state index contributed by atoms with van der Waals surface area (Å²) in [5.41, 5.74) is 7.51. The lowest BCUT2D eigenvalue weighted by Gasteiger charge is -2.54. The number of carbonyl (C=O) groups is 2. The molecule has 0 rings (SSSR count). The first kappa shape index (κ1) is 18.5. The lowest BCUT2D eigenvalue weighted by Crippen LogP contribution is -2.66. The fourth-order valence-electron chi connectivity index (χ4n) is 3.01. The van der Waals surface area contributed by atoms with Crippen molar-refractivity contribution in [3.63, 3.8) is 0 Å². The number of nitrogens with two attached hydrogens (primary N) is 2. The van der Waals surface area contributed by atoms with Crippen LogP contribution in [-0.4, -0.2) is 35.6 Å². The van der Waals surface area contributed by atoms with Crippen LogP contribution in [-0.2, 0) is 9.47 Å². The van der Waals surface area contributed by atoms with Crippen LogP contribution in [0.5, 0.6) is 0 Å². The minimum atomic E-state index is -1.35.